The van der Waals surface area contributed by atoms with Gasteiger partial charge in [-0.3, -0.25) is 10.6 Å². The molecule has 0 aliphatic heterocycles. The van der Waals surface area contributed by atoms with Gasteiger partial charge in [-0.1, -0.05) is 25.5 Å². The Morgan fingerprint density at radius 3 is 2.80 bits per heavy atom. The highest BCUT2D eigenvalue weighted by molar-refractivity contribution is 5.99. The number of benzene rings is 1. The van der Waals surface area contributed by atoms with Crippen molar-refractivity contribution in [1.29, 1.82) is 0 Å². The van der Waals surface area contributed by atoms with E-state index in [1.165, 1.54) is 0 Å². The van der Waals surface area contributed by atoms with Crippen molar-refractivity contribution in [2.75, 3.05) is 25.2 Å². The predicted octanol–water partition coefficient (Wildman–Crippen LogP) is 2.07. The van der Waals surface area contributed by atoms with Crippen molar-refractivity contribution < 1.29 is 9.53 Å². The van der Waals surface area contributed by atoms with Gasteiger partial charge in [0, 0.05) is 19.8 Å². The van der Waals surface area contributed by atoms with Crippen molar-refractivity contribution in [3.05, 3.63) is 29.3 Å². The van der Waals surface area contributed by atoms with Gasteiger partial charge in [0.1, 0.15) is 0 Å². The molecule has 4 N–H and O–H groups in total. The molecule has 0 saturated heterocycles. The summed E-state index contributed by atoms with van der Waals surface area (Å²) in [7, 11) is 0. The first-order valence-electron chi connectivity index (χ1n) is 6.97. The molecule has 5 heteroatoms. The third-order valence-electron chi connectivity index (χ3n) is 2.78. The molecule has 0 atom stereocenters. The van der Waals surface area contributed by atoms with Gasteiger partial charge < -0.3 is 15.5 Å². The number of carbonyl (C=O) groups is 1. The number of hydrogen-bond acceptors (Lipinski definition) is 4. The molecule has 5 nitrogen and oxygen atoms in total. The molecule has 0 fully saturated rings. The van der Waals surface area contributed by atoms with Crippen LogP contribution in [0.3, 0.4) is 0 Å². The molecule has 0 spiro atoms. The molecule has 1 aromatic carbocycles. The summed E-state index contributed by atoms with van der Waals surface area (Å²) in [6, 6.07) is 5.53. The minimum absolute atomic E-state index is 0.120. The van der Waals surface area contributed by atoms with Gasteiger partial charge in [-0.25, -0.2) is 0 Å². The molecule has 0 aliphatic rings. The number of carbonyl (C=O) groups excluding carboxylic acids is 1. The molecular formula is C15H25N3O2. The molecule has 1 rings (SSSR count). The van der Waals surface area contributed by atoms with E-state index in [0.29, 0.717) is 30.3 Å². The molecule has 0 heterocycles. The minimum Gasteiger partial charge on any atom is -0.381 e. The van der Waals surface area contributed by atoms with Gasteiger partial charge in [0.2, 0.25) is 0 Å². The van der Waals surface area contributed by atoms with E-state index in [-0.39, 0.29) is 5.91 Å². The number of rotatable bonds is 8. The summed E-state index contributed by atoms with van der Waals surface area (Å²) in [5.74, 6) is 5.83. The third kappa shape index (κ3) is 5.59. The van der Waals surface area contributed by atoms with Gasteiger partial charge in [0.25, 0.3) is 5.91 Å². The fraction of sp³-hybridized carbons (Fsp3) is 0.533. The van der Waals surface area contributed by atoms with Crippen molar-refractivity contribution >= 4 is 11.6 Å². The Morgan fingerprint density at radius 1 is 1.40 bits per heavy atom. The molecule has 20 heavy (non-hydrogen) atoms. The van der Waals surface area contributed by atoms with Crippen LogP contribution < -0.4 is 16.6 Å². The fourth-order valence-corrected chi connectivity index (χ4v) is 1.76. The first-order valence-corrected chi connectivity index (χ1v) is 6.97. The van der Waals surface area contributed by atoms with Crippen LogP contribution in [0, 0.1) is 12.8 Å². The van der Waals surface area contributed by atoms with E-state index in [0.717, 1.165) is 18.6 Å². The highest BCUT2D eigenvalue weighted by Crippen LogP contribution is 2.15. The zero-order chi connectivity index (χ0) is 15.0. The summed E-state index contributed by atoms with van der Waals surface area (Å²) >= 11 is 0. The van der Waals surface area contributed by atoms with Crippen molar-refractivity contribution in [2.45, 2.75) is 27.2 Å². The van der Waals surface area contributed by atoms with Gasteiger partial charge in [0.15, 0.2) is 0 Å². The fourth-order valence-electron chi connectivity index (χ4n) is 1.76. The zero-order valence-corrected chi connectivity index (χ0v) is 12.5. The predicted molar refractivity (Wildman–Crippen MR) is 81.6 cm³/mol. The smallest absolute Gasteiger partial charge is 0.253 e. The quantitative estimate of drug-likeness (QED) is 0.387. The second kappa shape index (κ2) is 8.55. The van der Waals surface area contributed by atoms with E-state index in [4.69, 9.17) is 10.6 Å². The summed E-state index contributed by atoms with van der Waals surface area (Å²) in [6.45, 7) is 8.18. The maximum atomic E-state index is 12.1. The van der Waals surface area contributed by atoms with Crippen LogP contribution in [-0.2, 0) is 4.74 Å². The Balaban J connectivity index is 2.37. The van der Waals surface area contributed by atoms with Crippen LogP contribution in [0.5, 0.6) is 0 Å². The number of amides is 1. The van der Waals surface area contributed by atoms with Crippen molar-refractivity contribution in [1.82, 2.24) is 5.32 Å². The first-order chi connectivity index (χ1) is 9.54. The average molecular weight is 279 g/mol. The number of hydrogen-bond donors (Lipinski definition) is 3. The van der Waals surface area contributed by atoms with Crippen LogP contribution in [0.2, 0.25) is 0 Å². The molecule has 0 aliphatic carbocycles. The Bertz CT molecular complexity index is 433. The minimum atomic E-state index is -0.120. The normalized spacial score (nSPS) is 10.7. The van der Waals surface area contributed by atoms with Crippen molar-refractivity contribution in [3.63, 3.8) is 0 Å². The summed E-state index contributed by atoms with van der Waals surface area (Å²) < 4.78 is 5.46. The summed E-state index contributed by atoms with van der Waals surface area (Å²) in [5, 5.41) is 2.87. The largest absolute Gasteiger partial charge is 0.381 e. The second-order valence-corrected chi connectivity index (χ2v) is 5.27. The van der Waals surface area contributed by atoms with Crippen LogP contribution in [-0.4, -0.2) is 25.7 Å². The van der Waals surface area contributed by atoms with Crippen LogP contribution in [0.1, 0.15) is 36.2 Å². The highest BCUT2D eigenvalue weighted by atomic mass is 16.5. The lowest BCUT2D eigenvalue weighted by atomic mass is 10.1. The maximum Gasteiger partial charge on any atom is 0.253 e. The zero-order valence-electron chi connectivity index (χ0n) is 12.5. The van der Waals surface area contributed by atoms with Gasteiger partial charge in [-0.2, -0.15) is 0 Å². The Kier molecular flexibility index (Phi) is 7.04. The first kappa shape index (κ1) is 16.5. The lowest BCUT2D eigenvalue weighted by Crippen LogP contribution is -2.27. The monoisotopic (exact) mass is 279 g/mol. The molecule has 0 aromatic heterocycles. The maximum absolute atomic E-state index is 12.1. The molecule has 0 radical (unpaired) electrons. The number of anilines is 1. The van der Waals surface area contributed by atoms with Gasteiger partial charge in [-0.15, -0.1) is 0 Å². The van der Waals surface area contributed by atoms with Crippen molar-refractivity contribution in [2.24, 2.45) is 11.8 Å². The van der Waals surface area contributed by atoms with Crippen LogP contribution in [0.15, 0.2) is 18.2 Å². The molecule has 1 amide bonds. The molecular weight excluding hydrogens is 254 g/mol. The van der Waals surface area contributed by atoms with Crippen LogP contribution in [0.4, 0.5) is 5.69 Å². The summed E-state index contributed by atoms with van der Waals surface area (Å²) in [5.41, 5.74) is 4.76. The number of aryl methyl sites for hydroxylation is 1. The van der Waals surface area contributed by atoms with E-state index >= 15 is 0 Å². The standard InChI is InChI=1S/C15H25N3O2/c1-11(2)10-20-8-4-7-17-15(19)13-9-12(3)5-6-14(13)18-16/h5-6,9,11,18H,4,7-8,10,16H2,1-3H3,(H,17,19). The van der Waals surface area contributed by atoms with E-state index in [1.54, 1.807) is 6.07 Å². The SMILES string of the molecule is Cc1ccc(NN)c(C(=O)NCCCOCC(C)C)c1. The number of nitrogens with one attached hydrogen (secondary N) is 2. The summed E-state index contributed by atoms with van der Waals surface area (Å²) in [4.78, 5) is 12.1. The van der Waals surface area contributed by atoms with Crippen LogP contribution >= 0.6 is 0 Å². The molecule has 0 saturated carbocycles. The molecule has 112 valence electrons. The van der Waals surface area contributed by atoms with E-state index < -0.39 is 0 Å². The third-order valence-corrected chi connectivity index (χ3v) is 2.78. The van der Waals surface area contributed by atoms with Crippen LogP contribution in [0.25, 0.3) is 0 Å². The van der Waals surface area contributed by atoms with Gasteiger partial charge >= 0.3 is 0 Å². The Labute approximate surface area is 120 Å². The highest BCUT2D eigenvalue weighted by Gasteiger charge is 2.10. The number of nitrogen functional groups attached to an aromatic ring is 1. The molecule has 1 aromatic rings. The van der Waals surface area contributed by atoms with Gasteiger partial charge in [-0.05, 0) is 31.4 Å². The van der Waals surface area contributed by atoms with E-state index in [1.807, 2.05) is 19.1 Å². The lowest BCUT2D eigenvalue weighted by molar-refractivity contribution is 0.0925. The number of hydrazine groups is 1. The van der Waals surface area contributed by atoms with E-state index in [2.05, 4.69) is 24.6 Å². The van der Waals surface area contributed by atoms with Gasteiger partial charge in [0.05, 0.1) is 11.3 Å². The molecule has 0 bridgehead atoms. The topological polar surface area (TPSA) is 76.4 Å². The molecule has 0 unspecified atom stereocenters. The number of ether oxygens (including phenoxy) is 1. The second-order valence-electron chi connectivity index (χ2n) is 5.27. The Hall–Kier alpha value is -1.59. The Morgan fingerprint density at radius 2 is 2.15 bits per heavy atom. The van der Waals surface area contributed by atoms with Crippen molar-refractivity contribution in [3.8, 4) is 0 Å². The number of nitrogens with two attached hydrogens (primary N) is 1. The lowest BCUT2D eigenvalue weighted by Gasteiger charge is -2.11. The van der Waals surface area contributed by atoms with E-state index in [9.17, 15) is 4.79 Å². The summed E-state index contributed by atoms with van der Waals surface area (Å²) in [6.07, 6.45) is 0.801. The average Bonchev–Trinajstić information content (AvgIpc) is 2.42.